The summed E-state index contributed by atoms with van der Waals surface area (Å²) in [5.41, 5.74) is 4.57. The maximum Gasteiger partial charge on any atom is 0.266 e. The Balaban J connectivity index is 1.49. The van der Waals surface area contributed by atoms with Crippen molar-refractivity contribution in [1.82, 2.24) is 25.2 Å². The molecule has 0 atom stereocenters. The standard InChI is InChI=1S/C21H21FN6O/c1-14-8-10-28(21-24-26-27(2)25-21)13-18(14)16-5-3-15(4-6-16)11-20(29)17-7-9-23-12-19(17)22/h3-7,9,12H,8,10-11,13H2,1-2H3. The Labute approximate surface area is 167 Å². The number of benzene rings is 1. The molecule has 0 unspecified atom stereocenters. The molecule has 148 valence electrons. The first-order chi connectivity index (χ1) is 14.0. The van der Waals surface area contributed by atoms with E-state index in [1.54, 1.807) is 7.05 Å². The van der Waals surface area contributed by atoms with E-state index in [0.717, 1.165) is 30.3 Å². The van der Waals surface area contributed by atoms with Crippen LogP contribution in [0.1, 0.15) is 34.8 Å². The van der Waals surface area contributed by atoms with Crippen LogP contribution < -0.4 is 4.90 Å². The van der Waals surface area contributed by atoms with Crippen molar-refractivity contribution in [2.24, 2.45) is 7.05 Å². The lowest BCUT2D eigenvalue weighted by atomic mass is 9.93. The molecule has 2 aromatic heterocycles. The molecule has 7 nitrogen and oxygen atoms in total. The summed E-state index contributed by atoms with van der Waals surface area (Å²) in [5.74, 6) is -0.223. The molecule has 0 aliphatic carbocycles. The van der Waals surface area contributed by atoms with Gasteiger partial charge in [-0.05, 0) is 41.3 Å². The largest absolute Gasteiger partial charge is 0.334 e. The third kappa shape index (κ3) is 4.06. The molecule has 4 rings (SSSR count). The zero-order chi connectivity index (χ0) is 20.4. The predicted molar refractivity (Wildman–Crippen MR) is 107 cm³/mol. The van der Waals surface area contributed by atoms with Gasteiger partial charge in [0.15, 0.2) is 11.6 Å². The molecule has 3 heterocycles. The number of aromatic nitrogens is 5. The number of hydrogen-bond acceptors (Lipinski definition) is 6. The van der Waals surface area contributed by atoms with E-state index >= 15 is 0 Å². The van der Waals surface area contributed by atoms with Crippen LogP contribution in [0.3, 0.4) is 0 Å². The van der Waals surface area contributed by atoms with Crippen molar-refractivity contribution in [1.29, 1.82) is 0 Å². The van der Waals surface area contributed by atoms with Gasteiger partial charge >= 0.3 is 0 Å². The number of rotatable bonds is 5. The van der Waals surface area contributed by atoms with Gasteiger partial charge in [-0.3, -0.25) is 9.78 Å². The summed E-state index contributed by atoms with van der Waals surface area (Å²) in [6.07, 6.45) is 3.56. The minimum Gasteiger partial charge on any atom is -0.334 e. The van der Waals surface area contributed by atoms with E-state index in [2.05, 4.69) is 32.2 Å². The van der Waals surface area contributed by atoms with Crippen molar-refractivity contribution in [2.75, 3.05) is 18.0 Å². The van der Waals surface area contributed by atoms with Crippen LogP contribution in [-0.2, 0) is 13.5 Å². The van der Waals surface area contributed by atoms with E-state index in [1.807, 2.05) is 24.3 Å². The minimum absolute atomic E-state index is 0.0713. The lowest BCUT2D eigenvalue weighted by Crippen LogP contribution is -2.31. The van der Waals surface area contributed by atoms with Crippen LogP contribution in [0, 0.1) is 5.82 Å². The highest BCUT2D eigenvalue weighted by atomic mass is 19.1. The molecule has 1 aromatic carbocycles. The van der Waals surface area contributed by atoms with Crippen LogP contribution in [-0.4, -0.2) is 44.1 Å². The van der Waals surface area contributed by atoms with E-state index in [1.165, 1.54) is 28.2 Å². The third-order valence-corrected chi connectivity index (χ3v) is 5.14. The van der Waals surface area contributed by atoms with Crippen molar-refractivity contribution in [3.8, 4) is 0 Å². The summed E-state index contributed by atoms with van der Waals surface area (Å²) >= 11 is 0. The monoisotopic (exact) mass is 392 g/mol. The minimum atomic E-state index is -0.588. The molecule has 0 amide bonds. The highest BCUT2D eigenvalue weighted by molar-refractivity contribution is 5.97. The van der Waals surface area contributed by atoms with Crippen molar-refractivity contribution in [2.45, 2.75) is 19.8 Å². The molecule has 3 aromatic rings. The number of pyridine rings is 1. The van der Waals surface area contributed by atoms with Crippen LogP contribution in [0.25, 0.3) is 5.57 Å². The molecule has 1 aliphatic rings. The van der Waals surface area contributed by atoms with E-state index < -0.39 is 5.82 Å². The lowest BCUT2D eigenvalue weighted by molar-refractivity contribution is 0.0989. The highest BCUT2D eigenvalue weighted by Gasteiger charge is 2.21. The van der Waals surface area contributed by atoms with Crippen molar-refractivity contribution in [3.63, 3.8) is 0 Å². The average molecular weight is 392 g/mol. The van der Waals surface area contributed by atoms with Gasteiger partial charge < -0.3 is 4.90 Å². The molecule has 0 fully saturated rings. The molecule has 0 spiro atoms. The van der Waals surface area contributed by atoms with Gasteiger partial charge in [0.25, 0.3) is 5.95 Å². The average Bonchev–Trinajstić information content (AvgIpc) is 3.16. The first-order valence-electron chi connectivity index (χ1n) is 9.41. The fourth-order valence-corrected chi connectivity index (χ4v) is 3.47. The van der Waals surface area contributed by atoms with Crippen molar-refractivity contribution >= 4 is 17.3 Å². The Kier molecular flexibility index (Phi) is 5.16. The van der Waals surface area contributed by atoms with Gasteiger partial charge in [-0.15, -0.1) is 5.10 Å². The van der Waals surface area contributed by atoms with E-state index in [9.17, 15) is 9.18 Å². The second-order valence-electron chi connectivity index (χ2n) is 7.16. The van der Waals surface area contributed by atoms with Gasteiger partial charge in [0.05, 0.1) is 18.8 Å². The molecule has 0 radical (unpaired) electrons. The van der Waals surface area contributed by atoms with Gasteiger partial charge in [-0.1, -0.05) is 34.9 Å². The number of ketones is 1. The maximum atomic E-state index is 13.8. The normalized spacial score (nSPS) is 14.4. The fraction of sp³-hybridized carbons (Fsp3) is 0.286. The zero-order valence-corrected chi connectivity index (χ0v) is 16.3. The van der Waals surface area contributed by atoms with Gasteiger partial charge in [-0.2, -0.15) is 4.80 Å². The number of anilines is 1. The number of carbonyl (C=O) groups is 1. The lowest BCUT2D eigenvalue weighted by Gasteiger charge is -2.29. The second-order valence-corrected chi connectivity index (χ2v) is 7.16. The molecule has 0 saturated heterocycles. The summed E-state index contributed by atoms with van der Waals surface area (Å²) in [4.78, 5) is 19.6. The maximum absolute atomic E-state index is 13.8. The molecule has 8 heteroatoms. The number of tetrazole rings is 1. The van der Waals surface area contributed by atoms with Crippen LogP contribution in [0.2, 0.25) is 0 Å². The van der Waals surface area contributed by atoms with Gasteiger partial charge in [0.1, 0.15) is 0 Å². The summed E-state index contributed by atoms with van der Waals surface area (Å²) in [6.45, 7) is 3.70. The topological polar surface area (TPSA) is 76.8 Å². The first-order valence-corrected chi connectivity index (χ1v) is 9.41. The summed E-state index contributed by atoms with van der Waals surface area (Å²) in [5, 5.41) is 12.3. The van der Waals surface area contributed by atoms with Crippen LogP contribution in [0.4, 0.5) is 10.3 Å². The summed E-state index contributed by atoms with van der Waals surface area (Å²) < 4.78 is 13.8. The first kappa shape index (κ1) is 18.9. The smallest absolute Gasteiger partial charge is 0.266 e. The molecule has 1 aliphatic heterocycles. The van der Waals surface area contributed by atoms with Gasteiger partial charge in [0.2, 0.25) is 0 Å². The number of Topliss-reactive ketones (excluding diaryl/α,β-unsaturated/α-hetero) is 1. The Morgan fingerprint density at radius 1 is 1.21 bits per heavy atom. The Hall–Kier alpha value is -3.42. The molecule has 0 bridgehead atoms. The van der Waals surface area contributed by atoms with E-state index in [0.29, 0.717) is 12.5 Å². The number of halogens is 1. The van der Waals surface area contributed by atoms with E-state index in [-0.39, 0.29) is 17.8 Å². The van der Waals surface area contributed by atoms with Crippen LogP contribution in [0.5, 0.6) is 0 Å². The molecular formula is C21H21FN6O. The number of aryl methyl sites for hydroxylation is 1. The zero-order valence-electron chi connectivity index (χ0n) is 16.3. The number of hydrogen-bond donors (Lipinski definition) is 0. The van der Waals surface area contributed by atoms with Crippen LogP contribution >= 0.6 is 0 Å². The van der Waals surface area contributed by atoms with Crippen molar-refractivity contribution in [3.05, 3.63) is 70.8 Å². The Bertz CT molecular complexity index is 1070. The number of nitrogens with zero attached hydrogens (tertiary/aromatic N) is 6. The van der Waals surface area contributed by atoms with Gasteiger partial charge in [-0.25, -0.2) is 4.39 Å². The Morgan fingerprint density at radius 3 is 2.69 bits per heavy atom. The second kappa shape index (κ2) is 7.90. The third-order valence-electron chi connectivity index (χ3n) is 5.14. The van der Waals surface area contributed by atoms with Crippen LogP contribution in [0.15, 0.2) is 48.3 Å². The SMILES string of the molecule is CC1=C(c2ccc(CC(=O)c3ccncc3F)cc2)CN(c2nnn(C)n2)CC1. The molecule has 0 saturated carbocycles. The van der Waals surface area contributed by atoms with E-state index in [4.69, 9.17) is 0 Å². The molecule has 0 N–H and O–H groups in total. The quantitative estimate of drug-likeness (QED) is 0.622. The molecular weight excluding hydrogens is 371 g/mol. The molecule has 29 heavy (non-hydrogen) atoms. The summed E-state index contributed by atoms with van der Waals surface area (Å²) in [7, 11) is 1.75. The van der Waals surface area contributed by atoms with Crippen molar-refractivity contribution < 1.29 is 9.18 Å². The van der Waals surface area contributed by atoms with Gasteiger partial charge in [0, 0.05) is 25.7 Å². The highest BCUT2D eigenvalue weighted by Crippen LogP contribution is 2.28. The fourth-order valence-electron chi connectivity index (χ4n) is 3.47. The Morgan fingerprint density at radius 2 is 2.00 bits per heavy atom. The predicted octanol–water partition coefficient (Wildman–Crippen LogP) is 2.85. The summed E-state index contributed by atoms with van der Waals surface area (Å²) in [6, 6.07) is 9.28. The number of carbonyl (C=O) groups excluding carboxylic acids is 1.